The number of nitrogens with one attached hydrogen (secondary N) is 1. The number of ether oxygens (including phenoxy) is 2. The first-order valence-corrected chi connectivity index (χ1v) is 7.58. The van der Waals surface area contributed by atoms with Crippen LogP contribution < -0.4 is 15.8 Å². The molecule has 1 saturated heterocycles. The molecule has 0 radical (unpaired) electrons. The zero-order chi connectivity index (χ0) is 14.9. The van der Waals surface area contributed by atoms with Crippen LogP contribution in [0, 0.1) is 5.92 Å². The van der Waals surface area contributed by atoms with Crippen LogP contribution in [0.5, 0.6) is 5.75 Å². The Hall–Kier alpha value is -1.30. The van der Waals surface area contributed by atoms with E-state index in [0.717, 1.165) is 44.1 Å². The Kier molecular flexibility index (Phi) is 8.89. The van der Waals surface area contributed by atoms with Crippen LogP contribution >= 0.6 is 12.4 Å². The van der Waals surface area contributed by atoms with Gasteiger partial charge in [0.25, 0.3) is 0 Å². The molecular formula is C16H25ClN2O3. The van der Waals surface area contributed by atoms with Crippen LogP contribution in [0.25, 0.3) is 0 Å². The van der Waals surface area contributed by atoms with Gasteiger partial charge in [-0.05, 0) is 56.0 Å². The lowest BCUT2D eigenvalue weighted by molar-refractivity contribution is -0.116. The smallest absolute Gasteiger partial charge is 0.224 e. The van der Waals surface area contributed by atoms with Crippen molar-refractivity contribution in [1.29, 1.82) is 0 Å². The van der Waals surface area contributed by atoms with Gasteiger partial charge in [0.1, 0.15) is 5.75 Å². The average molecular weight is 329 g/mol. The topological polar surface area (TPSA) is 73.6 Å². The Labute approximate surface area is 138 Å². The Morgan fingerprint density at radius 3 is 2.59 bits per heavy atom. The summed E-state index contributed by atoms with van der Waals surface area (Å²) in [5.74, 6) is 1.41. The van der Waals surface area contributed by atoms with Crippen LogP contribution in [0.15, 0.2) is 24.3 Å². The summed E-state index contributed by atoms with van der Waals surface area (Å²) in [7, 11) is 0. The summed E-state index contributed by atoms with van der Waals surface area (Å²) in [5, 5.41) is 2.84. The van der Waals surface area contributed by atoms with Crippen molar-refractivity contribution in [3.63, 3.8) is 0 Å². The Morgan fingerprint density at radius 2 is 1.95 bits per heavy atom. The number of amides is 1. The molecule has 1 fully saturated rings. The molecule has 1 aromatic rings. The van der Waals surface area contributed by atoms with Gasteiger partial charge in [0, 0.05) is 25.3 Å². The van der Waals surface area contributed by atoms with Crippen molar-refractivity contribution in [2.45, 2.75) is 25.7 Å². The number of anilines is 1. The second-order valence-electron chi connectivity index (χ2n) is 5.33. The van der Waals surface area contributed by atoms with Gasteiger partial charge in [0.15, 0.2) is 0 Å². The minimum atomic E-state index is -0.00340. The number of rotatable bonds is 7. The van der Waals surface area contributed by atoms with Crippen molar-refractivity contribution in [2.24, 2.45) is 11.7 Å². The van der Waals surface area contributed by atoms with E-state index >= 15 is 0 Å². The second-order valence-corrected chi connectivity index (χ2v) is 5.33. The Balaban J connectivity index is 0.00000242. The molecule has 3 N–H and O–H groups in total. The molecule has 0 unspecified atom stereocenters. The highest BCUT2D eigenvalue weighted by Crippen LogP contribution is 2.19. The summed E-state index contributed by atoms with van der Waals surface area (Å²) in [6, 6.07) is 7.50. The van der Waals surface area contributed by atoms with Gasteiger partial charge in [0.2, 0.25) is 5.91 Å². The van der Waals surface area contributed by atoms with Gasteiger partial charge >= 0.3 is 0 Å². The van der Waals surface area contributed by atoms with E-state index in [2.05, 4.69) is 5.32 Å². The number of hydrogen-bond acceptors (Lipinski definition) is 4. The molecule has 1 aliphatic rings. The fourth-order valence-corrected chi connectivity index (χ4v) is 2.25. The molecule has 1 heterocycles. The van der Waals surface area contributed by atoms with Crippen molar-refractivity contribution >= 4 is 24.0 Å². The maximum Gasteiger partial charge on any atom is 0.224 e. The highest BCUT2D eigenvalue weighted by Gasteiger charge is 2.14. The van der Waals surface area contributed by atoms with Crippen LogP contribution in [0.1, 0.15) is 25.7 Å². The van der Waals surface area contributed by atoms with Crippen molar-refractivity contribution in [2.75, 3.05) is 31.7 Å². The number of nitrogens with two attached hydrogens (primary N) is 1. The quantitative estimate of drug-likeness (QED) is 0.807. The van der Waals surface area contributed by atoms with Crippen LogP contribution in [-0.2, 0) is 9.53 Å². The van der Waals surface area contributed by atoms with E-state index in [9.17, 15) is 4.79 Å². The molecule has 2 rings (SSSR count). The minimum absolute atomic E-state index is 0. The summed E-state index contributed by atoms with van der Waals surface area (Å²) in [6.07, 6.45) is 3.29. The summed E-state index contributed by atoms with van der Waals surface area (Å²) in [5.41, 5.74) is 6.17. The fraction of sp³-hybridized carbons (Fsp3) is 0.562. The van der Waals surface area contributed by atoms with E-state index in [-0.39, 0.29) is 18.3 Å². The normalized spacial score (nSPS) is 15.0. The number of halogens is 1. The van der Waals surface area contributed by atoms with Crippen LogP contribution in [0.4, 0.5) is 5.69 Å². The highest BCUT2D eigenvalue weighted by atomic mass is 35.5. The molecule has 6 heteroatoms. The third-order valence-corrected chi connectivity index (χ3v) is 3.57. The van der Waals surface area contributed by atoms with E-state index in [0.29, 0.717) is 25.3 Å². The number of benzene rings is 1. The van der Waals surface area contributed by atoms with Crippen molar-refractivity contribution in [1.82, 2.24) is 0 Å². The average Bonchev–Trinajstić information content (AvgIpc) is 2.53. The van der Waals surface area contributed by atoms with Gasteiger partial charge in [-0.15, -0.1) is 12.4 Å². The predicted molar refractivity (Wildman–Crippen MR) is 89.6 cm³/mol. The molecule has 22 heavy (non-hydrogen) atoms. The SMILES string of the molecule is Cl.NCCCC(=O)Nc1ccc(OCC2CCOCC2)cc1. The second kappa shape index (κ2) is 10.4. The third-order valence-electron chi connectivity index (χ3n) is 3.57. The van der Waals surface area contributed by atoms with Crippen LogP contribution in [0.2, 0.25) is 0 Å². The molecule has 0 spiro atoms. The maximum absolute atomic E-state index is 11.6. The highest BCUT2D eigenvalue weighted by molar-refractivity contribution is 5.90. The molecule has 124 valence electrons. The van der Waals surface area contributed by atoms with Crippen LogP contribution in [-0.4, -0.2) is 32.3 Å². The lowest BCUT2D eigenvalue weighted by Crippen LogP contribution is -2.21. The molecule has 1 aromatic carbocycles. The molecule has 5 nitrogen and oxygen atoms in total. The zero-order valence-electron chi connectivity index (χ0n) is 12.8. The molecule has 0 aliphatic carbocycles. The number of carbonyl (C=O) groups excluding carboxylic acids is 1. The summed E-state index contributed by atoms with van der Waals surface area (Å²) in [6.45, 7) is 2.93. The third kappa shape index (κ3) is 6.64. The van der Waals surface area contributed by atoms with E-state index in [4.69, 9.17) is 15.2 Å². The molecule has 0 aromatic heterocycles. The van der Waals surface area contributed by atoms with Gasteiger partial charge in [0.05, 0.1) is 6.61 Å². The van der Waals surface area contributed by atoms with E-state index in [1.165, 1.54) is 0 Å². The van der Waals surface area contributed by atoms with Crippen molar-refractivity contribution in [3.05, 3.63) is 24.3 Å². The molecule has 1 amide bonds. The first-order chi connectivity index (χ1) is 10.3. The Morgan fingerprint density at radius 1 is 1.27 bits per heavy atom. The zero-order valence-corrected chi connectivity index (χ0v) is 13.6. The number of carbonyl (C=O) groups is 1. The van der Waals surface area contributed by atoms with E-state index in [1.807, 2.05) is 24.3 Å². The summed E-state index contributed by atoms with van der Waals surface area (Å²) in [4.78, 5) is 11.6. The maximum atomic E-state index is 11.6. The van der Waals surface area contributed by atoms with E-state index < -0.39 is 0 Å². The van der Waals surface area contributed by atoms with Crippen LogP contribution in [0.3, 0.4) is 0 Å². The standard InChI is InChI=1S/C16H24N2O3.ClH/c17-9-1-2-16(19)18-14-3-5-15(6-4-14)21-12-13-7-10-20-11-8-13;/h3-6,13H,1-2,7-12,17H2,(H,18,19);1H. The first-order valence-electron chi connectivity index (χ1n) is 7.58. The Bertz CT molecular complexity index is 434. The largest absolute Gasteiger partial charge is 0.493 e. The lowest BCUT2D eigenvalue weighted by Gasteiger charge is -2.22. The molecular weight excluding hydrogens is 304 g/mol. The van der Waals surface area contributed by atoms with Gasteiger partial charge in [-0.3, -0.25) is 4.79 Å². The lowest BCUT2D eigenvalue weighted by atomic mass is 10.0. The minimum Gasteiger partial charge on any atom is -0.493 e. The molecule has 0 atom stereocenters. The fourth-order valence-electron chi connectivity index (χ4n) is 2.25. The molecule has 0 bridgehead atoms. The van der Waals surface area contributed by atoms with E-state index in [1.54, 1.807) is 0 Å². The first kappa shape index (κ1) is 18.7. The number of hydrogen-bond donors (Lipinski definition) is 2. The monoisotopic (exact) mass is 328 g/mol. The van der Waals surface area contributed by atoms with Gasteiger partial charge in [-0.1, -0.05) is 0 Å². The van der Waals surface area contributed by atoms with Gasteiger partial charge in [-0.25, -0.2) is 0 Å². The molecule has 0 saturated carbocycles. The molecule has 1 aliphatic heterocycles. The van der Waals surface area contributed by atoms with Gasteiger partial charge in [-0.2, -0.15) is 0 Å². The summed E-state index contributed by atoms with van der Waals surface area (Å²) < 4.78 is 11.1. The van der Waals surface area contributed by atoms with Gasteiger partial charge < -0.3 is 20.5 Å². The van der Waals surface area contributed by atoms with Crippen molar-refractivity contribution < 1.29 is 14.3 Å². The van der Waals surface area contributed by atoms with Crippen molar-refractivity contribution in [3.8, 4) is 5.75 Å². The predicted octanol–water partition coefficient (Wildman–Crippen LogP) is 2.59. The summed E-state index contributed by atoms with van der Waals surface area (Å²) >= 11 is 0.